The topological polar surface area (TPSA) is 50.3 Å². The van der Waals surface area contributed by atoms with Gasteiger partial charge in [-0.25, -0.2) is 9.97 Å². The van der Waals surface area contributed by atoms with E-state index in [1.54, 1.807) is 13.4 Å². The zero-order valence-electron chi connectivity index (χ0n) is 9.10. The summed E-state index contributed by atoms with van der Waals surface area (Å²) in [6, 6.07) is 2.37. The van der Waals surface area contributed by atoms with Gasteiger partial charge in [0.1, 0.15) is 12.1 Å². The summed E-state index contributed by atoms with van der Waals surface area (Å²) >= 11 is 0. The lowest BCUT2D eigenvalue weighted by Gasteiger charge is -2.32. The Hall–Kier alpha value is -1.36. The maximum absolute atomic E-state index is 5.08. The van der Waals surface area contributed by atoms with Crippen molar-refractivity contribution in [3.05, 3.63) is 12.4 Å². The van der Waals surface area contributed by atoms with Crippen LogP contribution in [-0.2, 0) is 0 Å². The van der Waals surface area contributed by atoms with E-state index in [1.165, 1.54) is 0 Å². The highest BCUT2D eigenvalue weighted by atomic mass is 16.5. The molecule has 5 nitrogen and oxygen atoms in total. The molecule has 0 saturated carbocycles. The summed E-state index contributed by atoms with van der Waals surface area (Å²) in [5, 5.41) is 3.39. The van der Waals surface area contributed by atoms with Crippen molar-refractivity contribution in [3.63, 3.8) is 0 Å². The number of nitrogens with one attached hydrogen (secondary N) is 1. The monoisotopic (exact) mass is 208 g/mol. The Bertz CT molecular complexity index is 331. The maximum atomic E-state index is 5.08. The van der Waals surface area contributed by atoms with Gasteiger partial charge in [-0.15, -0.1) is 0 Å². The van der Waals surface area contributed by atoms with E-state index in [1.807, 2.05) is 6.07 Å². The molecule has 1 fully saturated rings. The quantitative estimate of drug-likeness (QED) is 0.756. The van der Waals surface area contributed by atoms with Gasteiger partial charge in [-0.05, 0) is 6.92 Å². The van der Waals surface area contributed by atoms with Gasteiger partial charge in [-0.3, -0.25) is 0 Å². The molecule has 1 saturated heterocycles. The van der Waals surface area contributed by atoms with Gasteiger partial charge in [0, 0.05) is 31.7 Å². The number of piperazine rings is 1. The fraction of sp³-hybridized carbons (Fsp3) is 0.600. The lowest BCUT2D eigenvalue weighted by molar-refractivity contribution is 0.396. The molecule has 0 spiro atoms. The molecule has 1 N–H and O–H groups in total. The van der Waals surface area contributed by atoms with Gasteiger partial charge in [0.2, 0.25) is 5.88 Å². The number of hydrogen-bond acceptors (Lipinski definition) is 5. The number of ether oxygens (including phenoxy) is 1. The van der Waals surface area contributed by atoms with Crippen molar-refractivity contribution in [2.24, 2.45) is 0 Å². The van der Waals surface area contributed by atoms with Crippen molar-refractivity contribution in [1.82, 2.24) is 15.3 Å². The normalized spacial score (nSPS) is 21.5. The molecule has 0 bridgehead atoms. The zero-order valence-corrected chi connectivity index (χ0v) is 9.10. The van der Waals surface area contributed by atoms with Gasteiger partial charge < -0.3 is 15.0 Å². The van der Waals surface area contributed by atoms with Crippen LogP contribution in [0.25, 0.3) is 0 Å². The van der Waals surface area contributed by atoms with Gasteiger partial charge in [0.25, 0.3) is 0 Å². The van der Waals surface area contributed by atoms with E-state index in [0.717, 1.165) is 25.5 Å². The van der Waals surface area contributed by atoms with E-state index in [9.17, 15) is 0 Å². The Morgan fingerprint density at radius 1 is 1.53 bits per heavy atom. The lowest BCUT2D eigenvalue weighted by atomic mass is 10.2. The molecule has 0 aliphatic carbocycles. The second-order valence-corrected chi connectivity index (χ2v) is 3.72. The van der Waals surface area contributed by atoms with E-state index in [-0.39, 0.29) is 0 Å². The lowest BCUT2D eigenvalue weighted by Crippen LogP contribution is -2.49. The molecule has 1 unspecified atom stereocenters. The molecule has 15 heavy (non-hydrogen) atoms. The maximum Gasteiger partial charge on any atom is 0.218 e. The van der Waals surface area contributed by atoms with E-state index in [0.29, 0.717) is 11.9 Å². The number of nitrogens with zero attached hydrogens (tertiary/aromatic N) is 3. The summed E-state index contributed by atoms with van der Waals surface area (Å²) in [7, 11) is 1.62. The van der Waals surface area contributed by atoms with Gasteiger partial charge >= 0.3 is 0 Å². The molecule has 2 rings (SSSR count). The van der Waals surface area contributed by atoms with Crippen molar-refractivity contribution in [1.29, 1.82) is 0 Å². The standard InChI is InChI=1S/C10H16N4O/c1-8-6-14(4-3-11-8)9-5-10(15-2)13-7-12-9/h5,7-8,11H,3-4,6H2,1-2H3. The highest BCUT2D eigenvalue weighted by molar-refractivity contribution is 5.41. The number of rotatable bonds is 2. The Labute approximate surface area is 89.5 Å². The Morgan fingerprint density at radius 2 is 2.40 bits per heavy atom. The number of hydrogen-bond donors (Lipinski definition) is 1. The van der Waals surface area contributed by atoms with Crippen LogP contribution in [0.4, 0.5) is 5.82 Å². The van der Waals surface area contributed by atoms with Crippen LogP contribution in [0.15, 0.2) is 12.4 Å². The van der Waals surface area contributed by atoms with Crippen LogP contribution in [0, 0.1) is 0 Å². The van der Waals surface area contributed by atoms with Crippen molar-refractivity contribution >= 4 is 5.82 Å². The molecule has 1 aliphatic rings. The van der Waals surface area contributed by atoms with Gasteiger partial charge in [0.15, 0.2) is 0 Å². The molecular weight excluding hydrogens is 192 g/mol. The van der Waals surface area contributed by atoms with E-state index < -0.39 is 0 Å². The molecule has 5 heteroatoms. The van der Waals surface area contributed by atoms with E-state index in [4.69, 9.17) is 4.74 Å². The molecule has 2 heterocycles. The Kier molecular flexibility index (Phi) is 3.01. The molecule has 1 aliphatic heterocycles. The summed E-state index contributed by atoms with van der Waals surface area (Å²) in [5.74, 6) is 1.56. The van der Waals surface area contributed by atoms with Gasteiger partial charge in [-0.1, -0.05) is 0 Å². The summed E-state index contributed by atoms with van der Waals surface area (Å²) in [6.07, 6.45) is 1.54. The first kappa shape index (κ1) is 10.2. The predicted molar refractivity (Wildman–Crippen MR) is 58.3 cm³/mol. The highest BCUT2D eigenvalue weighted by Gasteiger charge is 2.17. The summed E-state index contributed by atoms with van der Waals surface area (Å²) < 4.78 is 5.08. The van der Waals surface area contributed by atoms with Crippen LogP contribution in [0.2, 0.25) is 0 Å². The van der Waals surface area contributed by atoms with Gasteiger partial charge in [-0.2, -0.15) is 0 Å². The van der Waals surface area contributed by atoms with Crippen LogP contribution < -0.4 is 15.0 Å². The van der Waals surface area contributed by atoms with E-state index >= 15 is 0 Å². The zero-order chi connectivity index (χ0) is 10.7. The molecule has 0 aromatic carbocycles. The summed E-state index contributed by atoms with van der Waals surface area (Å²) in [6.45, 7) is 5.11. The minimum atomic E-state index is 0.500. The average Bonchev–Trinajstić information content (AvgIpc) is 2.29. The average molecular weight is 208 g/mol. The highest BCUT2D eigenvalue weighted by Crippen LogP contribution is 2.16. The SMILES string of the molecule is COc1cc(N2CCNC(C)C2)ncn1. The van der Waals surface area contributed by atoms with Crippen molar-refractivity contribution in [2.75, 3.05) is 31.6 Å². The van der Waals surface area contributed by atoms with Gasteiger partial charge in [0.05, 0.1) is 7.11 Å². The smallest absolute Gasteiger partial charge is 0.218 e. The minimum Gasteiger partial charge on any atom is -0.481 e. The number of anilines is 1. The largest absolute Gasteiger partial charge is 0.481 e. The molecule has 1 aromatic rings. The molecule has 82 valence electrons. The van der Waals surface area contributed by atoms with Crippen LogP contribution in [0.1, 0.15) is 6.92 Å². The van der Waals surface area contributed by atoms with Crippen molar-refractivity contribution < 1.29 is 4.74 Å². The fourth-order valence-electron chi connectivity index (χ4n) is 1.75. The Balaban J connectivity index is 2.13. The van der Waals surface area contributed by atoms with E-state index in [2.05, 4.69) is 27.1 Å². The number of aromatic nitrogens is 2. The Morgan fingerprint density at radius 3 is 3.13 bits per heavy atom. The first-order chi connectivity index (χ1) is 7.29. The molecular formula is C10H16N4O. The van der Waals surface area contributed by atoms with Crippen LogP contribution in [0.3, 0.4) is 0 Å². The number of methoxy groups -OCH3 is 1. The third kappa shape index (κ3) is 2.36. The van der Waals surface area contributed by atoms with Crippen LogP contribution >= 0.6 is 0 Å². The molecule has 1 aromatic heterocycles. The van der Waals surface area contributed by atoms with Crippen LogP contribution in [-0.4, -0.2) is 42.8 Å². The van der Waals surface area contributed by atoms with Crippen LogP contribution in [0.5, 0.6) is 5.88 Å². The molecule has 1 atom stereocenters. The third-order valence-electron chi connectivity index (χ3n) is 2.53. The fourth-order valence-corrected chi connectivity index (χ4v) is 1.75. The third-order valence-corrected chi connectivity index (χ3v) is 2.53. The van der Waals surface area contributed by atoms with Crippen molar-refractivity contribution in [3.8, 4) is 5.88 Å². The second kappa shape index (κ2) is 4.44. The predicted octanol–water partition coefficient (Wildman–Crippen LogP) is 0.283. The first-order valence-electron chi connectivity index (χ1n) is 5.14. The summed E-state index contributed by atoms with van der Waals surface area (Å²) in [5.41, 5.74) is 0. The second-order valence-electron chi connectivity index (χ2n) is 3.72. The molecule has 0 amide bonds. The minimum absolute atomic E-state index is 0.500. The first-order valence-corrected chi connectivity index (χ1v) is 5.14. The summed E-state index contributed by atoms with van der Waals surface area (Å²) in [4.78, 5) is 10.5. The van der Waals surface area contributed by atoms with Crippen molar-refractivity contribution in [2.45, 2.75) is 13.0 Å². The molecule has 0 radical (unpaired) electrons.